The number of amides is 1. The van der Waals surface area contributed by atoms with Crippen LogP contribution in [0.4, 0.5) is 0 Å². The predicted octanol–water partition coefficient (Wildman–Crippen LogP) is 3.20. The van der Waals surface area contributed by atoms with Gasteiger partial charge in [0.05, 0.1) is 16.7 Å². The zero-order valence-electron chi connectivity index (χ0n) is 11.2. The fourth-order valence-corrected chi connectivity index (χ4v) is 2.79. The summed E-state index contributed by atoms with van der Waals surface area (Å²) in [6, 6.07) is 11.3. The van der Waals surface area contributed by atoms with Crippen molar-refractivity contribution in [2.24, 2.45) is 0 Å². The Bertz CT molecular complexity index is 663. The van der Waals surface area contributed by atoms with Crippen LogP contribution in [0.25, 0.3) is 0 Å². The minimum atomic E-state index is -0.167. The van der Waals surface area contributed by atoms with Crippen molar-refractivity contribution < 1.29 is 4.79 Å². The van der Waals surface area contributed by atoms with Crippen LogP contribution < -0.4 is 5.32 Å². The van der Waals surface area contributed by atoms with Gasteiger partial charge >= 0.3 is 0 Å². The van der Waals surface area contributed by atoms with Crippen LogP contribution in [0.5, 0.6) is 0 Å². The summed E-state index contributed by atoms with van der Waals surface area (Å²) in [6.07, 6.45) is 1.57. The van der Waals surface area contributed by atoms with E-state index in [9.17, 15) is 4.79 Å². The Kier molecular flexibility index (Phi) is 5.73. The SMILES string of the molecule is N#Cc1ccccc1CSCCNC(=O)c1cc(Cl)c[nH]1. The zero-order valence-corrected chi connectivity index (χ0v) is 12.8. The Balaban J connectivity index is 1.71. The molecule has 1 aromatic carbocycles. The molecule has 108 valence electrons. The largest absolute Gasteiger partial charge is 0.356 e. The molecular weight excluding hydrogens is 306 g/mol. The van der Waals surface area contributed by atoms with E-state index in [4.69, 9.17) is 16.9 Å². The number of nitrogens with zero attached hydrogens (tertiary/aromatic N) is 1. The maximum atomic E-state index is 11.7. The summed E-state index contributed by atoms with van der Waals surface area (Å²) in [4.78, 5) is 14.5. The number of halogens is 1. The van der Waals surface area contributed by atoms with Crippen LogP contribution in [0, 0.1) is 11.3 Å². The lowest BCUT2D eigenvalue weighted by Gasteiger charge is -2.05. The average molecular weight is 320 g/mol. The van der Waals surface area contributed by atoms with Crippen molar-refractivity contribution in [3.05, 3.63) is 58.4 Å². The Hall–Kier alpha value is -1.90. The van der Waals surface area contributed by atoms with Crippen LogP contribution in [0.15, 0.2) is 36.5 Å². The van der Waals surface area contributed by atoms with Gasteiger partial charge in [-0.15, -0.1) is 0 Å². The molecule has 0 spiro atoms. The van der Waals surface area contributed by atoms with Gasteiger partial charge in [0.1, 0.15) is 5.69 Å². The highest BCUT2D eigenvalue weighted by molar-refractivity contribution is 7.98. The van der Waals surface area contributed by atoms with Gasteiger partial charge in [-0.05, 0) is 17.7 Å². The van der Waals surface area contributed by atoms with Crippen molar-refractivity contribution in [3.63, 3.8) is 0 Å². The molecule has 0 aliphatic rings. The first-order valence-electron chi connectivity index (χ1n) is 6.38. The summed E-state index contributed by atoms with van der Waals surface area (Å²) in [5.74, 6) is 1.37. The van der Waals surface area contributed by atoms with Crippen LogP contribution in [-0.2, 0) is 5.75 Å². The lowest BCUT2D eigenvalue weighted by molar-refractivity contribution is 0.0952. The first-order chi connectivity index (χ1) is 10.2. The van der Waals surface area contributed by atoms with E-state index in [2.05, 4.69) is 16.4 Å². The Morgan fingerprint density at radius 2 is 2.24 bits per heavy atom. The fraction of sp³-hybridized carbons (Fsp3) is 0.200. The van der Waals surface area contributed by atoms with Crippen molar-refractivity contribution in [3.8, 4) is 6.07 Å². The number of aromatic amines is 1. The summed E-state index contributed by atoms with van der Waals surface area (Å²) in [7, 11) is 0. The highest BCUT2D eigenvalue weighted by Crippen LogP contribution is 2.15. The number of thioether (sulfide) groups is 1. The number of H-pyrrole nitrogens is 1. The number of carbonyl (C=O) groups excluding carboxylic acids is 1. The molecule has 0 atom stereocenters. The van der Waals surface area contributed by atoms with Crippen molar-refractivity contribution >= 4 is 29.3 Å². The molecule has 0 bridgehead atoms. The highest BCUT2D eigenvalue weighted by atomic mass is 35.5. The van der Waals surface area contributed by atoms with Gasteiger partial charge in [0, 0.05) is 24.2 Å². The third kappa shape index (κ3) is 4.55. The molecule has 0 aliphatic carbocycles. The maximum Gasteiger partial charge on any atom is 0.267 e. The minimum Gasteiger partial charge on any atom is -0.356 e. The molecule has 1 amide bonds. The molecule has 0 unspecified atom stereocenters. The molecule has 0 saturated heterocycles. The van der Waals surface area contributed by atoms with Gasteiger partial charge in [-0.2, -0.15) is 17.0 Å². The first kappa shape index (κ1) is 15.5. The van der Waals surface area contributed by atoms with Crippen molar-refractivity contribution in [2.75, 3.05) is 12.3 Å². The maximum absolute atomic E-state index is 11.7. The van der Waals surface area contributed by atoms with Crippen molar-refractivity contribution in [1.82, 2.24) is 10.3 Å². The summed E-state index contributed by atoms with van der Waals surface area (Å²) in [5, 5.41) is 12.3. The second-order valence-corrected chi connectivity index (χ2v) is 5.85. The van der Waals surface area contributed by atoms with Gasteiger partial charge in [0.15, 0.2) is 0 Å². The Labute approximate surface area is 132 Å². The number of hydrogen-bond acceptors (Lipinski definition) is 3. The molecule has 4 nitrogen and oxygen atoms in total. The highest BCUT2D eigenvalue weighted by Gasteiger charge is 2.07. The lowest BCUT2D eigenvalue weighted by Crippen LogP contribution is -2.26. The van der Waals surface area contributed by atoms with Crippen LogP contribution in [0.1, 0.15) is 21.6 Å². The number of hydrogen-bond donors (Lipinski definition) is 2. The van der Waals surface area contributed by atoms with Crippen LogP contribution in [-0.4, -0.2) is 23.2 Å². The second-order valence-electron chi connectivity index (χ2n) is 4.31. The van der Waals surface area contributed by atoms with E-state index in [1.165, 1.54) is 0 Å². The summed E-state index contributed by atoms with van der Waals surface area (Å²) in [6.45, 7) is 0.564. The Morgan fingerprint density at radius 1 is 1.43 bits per heavy atom. The van der Waals surface area contributed by atoms with E-state index in [0.29, 0.717) is 22.8 Å². The van der Waals surface area contributed by atoms with Gasteiger partial charge in [0.25, 0.3) is 5.91 Å². The molecule has 2 N–H and O–H groups in total. The van der Waals surface area contributed by atoms with Gasteiger partial charge in [0.2, 0.25) is 0 Å². The quantitative estimate of drug-likeness (QED) is 0.803. The van der Waals surface area contributed by atoms with Gasteiger partial charge in [-0.3, -0.25) is 4.79 Å². The number of benzene rings is 1. The van der Waals surface area contributed by atoms with E-state index in [-0.39, 0.29) is 5.91 Å². The molecular formula is C15H14ClN3OS. The molecule has 2 aromatic rings. The van der Waals surface area contributed by atoms with E-state index in [0.717, 1.165) is 17.1 Å². The molecule has 1 heterocycles. The summed E-state index contributed by atoms with van der Waals surface area (Å²) >= 11 is 7.42. The van der Waals surface area contributed by atoms with Gasteiger partial charge < -0.3 is 10.3 Å². The minimum absolute atomic E-state index is 0.167. The van der Waals surface area contributed by atoms with E-state index in [1.54, 1.807) is 24.0 Å². The van der Waals surface area contributed by atoms with Crippen molar-refractivity contribution in [2.45, 2.75) is 5.75 Å². The predicted molar refractivity (Wildman–Crippen MR) is 85.5 cm³/mol. The standard InChI is InChI=1S/C15H14ClN3OS/c16-13-7-14(19-9-13)15(20)18-5-6-21-10-12-4-2-1-3-11(12)8-17/h1-4,7,9,19H,5-6,10H2,(H,18,20). The molecule has 0 radical (unpaired) electrons. The summed E-state index contributed by atoms with van der Waals surface area (Å²) < 4.78 is 0. The van der Waals surface area contributed by atoms with E-state index >= 15 is 0 Å². The van der Waals surface area contributed by atoms with Crippen LogP contribution in [0.2, 0.25) is 5.02 Å². The summed E-state index contributed by atoms with van der Waals surface area (Å²) in [5.41, 5.74) is 2.18. The number of nitriles is 1. The topological polar surface area (TPSA) is 68.7 Å². The van der Waals surface area contributed by atoms with Crippen molar-refractivity contribution in [1.29, 1.82) is 5.26 Å². The fourth-order valence-electron chi connectivity index (χ4n) is 1.77. The molecule has 2 rings (SSSR count). The number of rotatable bonds is 6. The molecule has 21 heavy (non-hydrogen) atoms. The third-order valence-electron chi connectivity index (χ3n) is 2.82. The number of carbonyl (C=O) groups is 1. The first-order valence-corrected chi connectivity index (χ1v) is 7.92. The van der Waals surface area contributed by atoms with Crippen LogP contribution in [0.3, 0.4) is 0 Å². The third-order valence-corrected chi connectivity index (χ3v) is 4.05. The molecule has 0 fully saturated rings. The van der Waals surface area contributed by atoms with E-state index < -0.39 is 0 Å². The van der Waals surface area contributed by atoms with E-state index in [1.807, 2.05) is 24.3 Å². The molecule has 6 heteroatoms. The molecule has 0 aliphatic heterocycles. The number of aromatic nitrogens is 1. The van der Waals surface area contributed by atoms with Gasteiger partial charge in [-0.1, -0.05) is 29.8 Å². The molecule has 0 saturated carbocycles. The van der Waals surface area contributed by atoms with Crippen LogP contribution >= 0.6 is 23.4 Å². The number of nitrogens with one attached hydrogen (secondary N) is 2. The Morgan fingerprint density at radius 3 is 2.95 bits per heavy atom. The lowest BCUT2D eigenvalue weighted by atomic mass is 10.1. The second kappa shape index (κ2) is 7.77. The molecule has 1 aromatic heterocycles. The zero-order chi connectivity index (χ0) is 15.1. The van der Waals surface area contributed by atoms with Gasteiger partial charge in [-0.25, -0.2) is 0 Å². The average Bonchev–Trinajstić information content (AvgIpc) is 2.94. The normalized spacial score (nSPS) is 10.1. The smallest absolute Gasteiger partial charge is 0.267 e. The monoisotopic (exact) mass is 319 g/mol.